The summed E-state index contributed by atoms with van der Waals surface area (Å²) in [7, 11) is 0. The molecule has 400 valence electrons. The summed E-state index contributed by atoms with van der Waals surface area (Å²) < 4.78 is 16.6. The smallest absolute Gasteiger partial charge is 0.310 e. The summed E-state index contributed by atoms with van der Waals surface area (Å²) in [5.74, 6) is -1.07. The molecule has 6 nitrogen and oxygen atoms in total. The number of allylic oxidation sites excluding steroid dienone is 21. The lowest BCUT2D eigenvalue weighted by Crippen LogP contribution is -2.30. The Hall–Kier alpha value is -4.45. The summed E-state index contributed by atoms with van der Waals surface area (Å²) in [5.41, 5.74) is 0. The average molecular weight is 982 g/mol. The maximum atomic E-state index is 12.7. The molecule has 0 radical (unpaired) electrons. The van der Waals surface area contributed by atoms with Gasteiger partial charge in [0.25, 0.3) is 0 Å². The van der Waals surface area contributed by atoms with Gasteiger partial charge in [0.05, 0.1) is 6.42 Å². The van der Waals surface area contributed by atoms with Crippen LogP contribution in [0.4, 0.5) is 0 Å². The Morgan fingerprint density at radius 2 is 0.592 bits per heavy atom. The van der Waals surface area contributed by atoms with Gasteiger partial charge in [0.1, 0.15) is 13.2 Å². The van der Waals surface area contributed by atoms with Crippen molar-refractivity contribution in [3.63, 3.8) is 0 Å². The van der Waals surface area contributed by atoms with Crippen LogP contribution in [0.25, 0.3) is 0 Å². The number of esters is 3. The number of hydrogen-bond donors (Lipinski definition) is 0. The molecule has 0 aliphatic carbocycles. The quantitative estimate of drug-likeness (QED) is 0.0262. The molecule has 0 aromatic rings. The van der Waals surface area contributed by atoms with E-state index < -0.39 is 12.1 Å². The van der Waals surface area contributed by atoms with Gasteiger partial charge in [-0.05, 0) is 96.3 Å². The highest BCUT2D eigenvalue weighted by Gasteiger charge is 2.19. The molecule has 0 saturated carbocycles. The molecule has 0 heterocycles. The molecule has 71 heavy (non-hydrogen) atoms. The fraction of sp³-hybridized carbons (Fsp3) is 0.615. The third kappa shape index (κ3) is 56.3. The lowest BCUT2D eigenvalue weighted by Gasteiger charge is -2.18. The van der Waals surface area contributed by atoms with E-state index in [0.29, 0.717) is 12.8 Å². The topological polar surface area (TPSA) is 78.9 Å². The molecule has 0 spiro atoms. The van der Waals surface area contributed by atoms with E-state index in [9.17, 15) is 14.4 Å². The Labute approximate surface area is 436 Å². The standard InChI is InChI=1S/C65H104O6/c1-4-7-10-13-15-17-19-21-23-24-25-26-27-28-29-30-31-32-33-34-35-36-37-38-39-40-42-43-45-47-49-52-55-58-64(67)70-61-62(60-69-63(66)57-54-51-12-9-6-3)71-65(68)59-56-53-50-48-46-44-41-22-20-18-16-14-11-8-5-2/h7-8,10-11,15-18,21-23,25-26,28-29,31-32,41,46,48,53,56,62H,4-6,9,12-14,19-20,24,27,30,33-40,42-45,47,49-52,54-55,57-61H2,1-3H3/b10-7-,11-8-,17-15-,18-16-,23-21-,26-25-,29-28-,32-31-,41-22-,48-46-,56-53-. The van der Waals surface area contributed by atoms with Crippen molar-refractivity contribution in [3.8, 4) is 0 Å². The molecule has 0 aromatic carbocycles. The number of carbonyl (C=O) groups excluding carboxylic acids is 3. The van der Waals surface area contributed by atoms with Crippen LogP contribution in [0.15, 0.2) is 134 Å². The molecule has 0 amide bonds. The summed E-state index contributed by atoms with van der Waals surface area (Å²) >= 11 is 0. The highest BCUT2D eigenvalue weighted by Crippen LogP contribution is 2.15. The van der Waals surface area contributed by atoms with Crippen LogP contribution in [0.5, 0.6) is 0 Å². The van der Waals surface area contributed by atoms with Gasteiger partial charge in [0.2, 0.25) is 0 Å². The molecular weight excluding hydrogens is 877 g/mol. The zero-order chi connectivity index (χ0) is 51.4. The molecular formula is C65H104O6. The van der Waals surface area contributed by atoms with E-state index in [1.165, 1.54) is 77.0 Å². The van der Waals surface area contributed by atoms with Crippen LogP contribution in [-0.2, 0) is 28.6 Å². The third-order valence-electron chi connectivity index (χ3n) is 11.7. The van der Waals surface area contributed by atoms with E-state index >= 15 is 0 Å². The van der Waals surface area contributed by atoms with Gasteiger partial charge in [-0.3, -0.25) is 14.4 Å². The SMILES string of the molecule is CC/C=C\C/C=C\C/C=C\C/C=C\C/C=C\C/C=C\CCCCCCCCCCCCCCCCC(=O)OCC(COC(=O)CCCCCCC)OC(=O)C/C=C\C/C=C\C/C=C\C/C=C\C/C=C\CC. The Balaban J connectivity index is 4.07. The molecule has 0 rings (SSSR count). The van der Waals surface area contributed by atoms with E-state index in [4.69, 9.17) is 14.2 Å². The molecule has 0 aromatic heterocycles. The Morgan fingerprint density at radius 1 is 0.310 bits per heavy atom. The largest absolute Gasteiger partial charge is 0.462 e. The zero-order valence-corrected chi connectivity index (χ0v) is 45.7. The minimum absolute atomic E-state index is 0.0939. The van der Waals surface area contributed by atoms with Crippen LogP contribution >= 0.6 is 0 Å². The average Bonchev–Trinajstić information content (AvgIpc) is 3.37. The van der Waals surface area contributed by atoms with Crippen molar-refractivity contribution in [2.24, 2.45) is 0 Å². The van der Waals surface area contributed by atoms with Gasteiger partial charge in [-0.15, -0.1) is 0 Å². The van der Waals surface area contributed by atoms with Crippen LogP contribution in [0.3, 0.4) is 0 Å². The van der Waals surface area contributed by atoms with Crippen molar-refractivity contribution in [1.82, 2.24) is 0 Å². The van der Waals surface area contributed by atoms with Crippen molar-refractivity contribution in [3.05, 3.63) is 134 Å². The van der Waals surface area contributed by atoms with Gasteiger partial charge in [-0.1, -0.05) is 257 Å². The molecule has 6 heteroatoms. The first-order valence-electron chi connectivity index (χ1n) is 28.7. The number of hydrogen-bond acceptors (Lipinski definition) is 6. The predicted molar refractivity (Wildman–Crippen MR) is 306 cm³/mol. The van der Waals surface area contributed by atoms with E-state index in [1.54, 1.807) is 6.08 Å². The van der Waals surface area contributed by atoms with Crippen LogP contribution in [0.1, 0.15) is 239 Å². The van der Waals surface area contributed by atoms with Gasteiger partial charge in [-0.2, -0.15) is 0 Å². The van der Waals surface area contributed by atoms with Gasteiger partial charge < -0.3 is 14.2 Å². The fourth-order valence-electron chi connectivity index (χ4n) is 7.46. The number of rotatable bonds is 50. The Kier molecular flexibility index (Phi) is 54.5. The number of ether oxygens (including phenoxy) is 3. The summed E-state index contributed by atoms with van der Waals surface area (Å²) in [6.45, 7) is 6.22. The maximum absolute atomic E-state index is 12.7. The van der Waals surface area contributed by atoms with E-state index in [0.717, 1.165) is 122 Å². The van der Waals surface area contributed by atoms with Crippen molar-refractivity contribution < 1.29 is 28.6 Å². The van der Waals surface area contributed by atoms with Crippen molar-refractivity contribution in [2.45, 2.75) is 245 Å². The van der Waals surface area contributed by atoms with Crippen molar-refractivity contribution in [2.75, 3.05) is 13.2 Å². The maximum Gasteiger partial charge on any atom is 0.310 e. The third-order valence-corrected chi connectivity index (χ3v) is 11.7. The molecule has 1 unspecified atom stereocenters. The van der Waals surface area contributed by atoms with Gasteiger partial charge in [0, 0.05) is 12.8 Å². The first-order chi connectivity index (χ1) is 35.0. The summed E-state index contributed by atoms with van der Waals surface area (Å²) in [6, 6.07) is 0. The summed E-state index contributed by atoms with van der Waals surface area (Å²) in [6.07, 6.45) is 82.5. The highest BCUT2D eigenvalue weighted by molar-refractivity contribution is 5.72. The first-order valence-corrected chi connectivity index (χ1v) is 28.7. The Morgan fingerprint density at radius 3 is 0.930 bits per heavy atom. The van der Waals surface area contributed by atoms with Crippen LogP contribution in [-0.4, -0.2) is 37.2 Å². The second kappa shape index (κ2) is 58.1. The first kappa shape index (κ1) is 66.6. The van der Waals surface area contributed by atoms with Crippen molar-refractivity contribution >= 4 is 17.9 Å². The second-order valence-electron chi connectivity index (χ2n) is 18.5. The van der Waals surface area contributed by atoms with Gasteiger partial charge in [-0.25, -0.2) is 0 Å². The fourth-order valence-corrected chi connectivity index (χ4v) is 7.46. The monoisotopic (exact) mass is 981 g/mol. The van der Waals surface area contributed by atoms with E-state index in [-0.39, 0.29) is 31.6 Å². The minimum Gasteiger partial charge on any atom is -0.462 e. The number of carbonyl (C=O) groups is 3. The Bertz CT molecular complexity index is 1550. The molecule has 0 N–H and O–H groups in total. The lowest BCUT2D eigenvalue weighted by atomic mass is 10.0. The molecule has 0 fully saturated rings. The lowest BCUT2D eigenvalue weighted by molar-refractivity contribution is -0.166. The minimum atomic E-state index is -0.831. The molecule has 1 atom stereocenters. The second-order valence-corrected chi connectivity index (χ2v) is 18.5. The predicted octanol–water partition coefficient (Wildman–Crippen LogP) is 19.4. The number of unbranched alkanes of at least 4 members (excludes halogenated alkanes) is 18. The van der Waals surface area contributed by atoms with Crippen LogP contribution in [0.2, 0.25) is 0 Å². The van der Waals surface area contributed by atoms with Gasteiger partial charge >= 0.3 is 17.9 Å². The van der Waals surface area contributed by atoms with Crippen LogP contribution < -0.4 is 0 Å². The van der Waals surface area contributed by atoms with E-state index in [1.807, 2.05) is 6.08 Å². The molecule has 0 aliphatic rings. The van der Waals surface area contributed by atoms with Crippen molar-refractivity contribution in [1.29, 1.82) is 0 Å². The van der Waals surface area contributed by atoms with Crippen LogP contribution in [0, 0.1) is 0 Å². The highest BCUT2D eigenvalue weighted by atomic mass is 16.6. The summed E-state index contributed by atoms with van der Waals surface area (Å²) in [4.78, 5) is 37.7. The van der Waals surface area contributed by atoms with Gasteiger partial charge in [0.15, 0.2) is 6.10 Å². The normalized spacial score (nSPS) is 13.1. The molecule has 0 bridgehead atoms. The summed E-state index contributed by atoms with van der Waals surface area (Å²) in [5, 5.41) is 0. The molecule has 0 saturated heterocycles. The molecule has 0 aliphatic heterocycles. The zero-order valence-electron chi connectivity index (χ0n) is 45.7. The van der Waals surface area contributed by atoms with E-state index in [2.05, 4.69) is 142 Å².